The Kier molecular flexibility index (Phi) is 4.77. The third kappa shape index (κ3) is 3.83. The quantitative estimate of drug-likeness (QED) is 0.917. The lowest BCUT2D eigenvalue weighted by Gasteiger charge is -2.27. The average molecular weight is 274 g/mol. The number of benzene rings is 1. The number of nitrogens with one attached hydrogen (secondary N) is 1. The van der Waals surface area contributed by atoms with Gasteiger partial charge in [0.2, 0.25) is 11.8 Å². The number of nitrogens with zero attached hydrogens (tertiary/aromatic N) is 1. The summed E-state index contributed by atoms with van der Waals surface area (Å²) in [6.45, 7) is 3.69. The molecule has 0 aliphatic heterocycles. The van der Waals surface area contributed by atoms with Gasteiger partial charge in [-0.2, -0.15) is 0 Å². The van der Waals surface area contributed by atoms with E-state index in [2.05, 4.69) is 5.32 Å². The van der Waals surface area contributed by atoms with Crippen LogP contribution in [-0.4, -0.2) is 29.3 Å². The van der Waals surface area contributed by atoms with E-state index in [-0.39, 0.29) is 24.4 Å². The summed E-state index contributed by atoms with van der Waals surface area (Å²) in [5, 5.41) is 2.85. The monoisotopic (exact) mass is 274 g/mol. The predicted molar refractivity (Wildman–Crippen MR) is 79.5 cm³/mol. The molecule has 1 N–H and O–H groups in total. The molecule has 1 fully saturated rings. The minimum Gasteiger partial charge on any atom is -0.331 e. The van der Waals surface area contributed by atoms with E-state index in [0.717, 1.165) is 36.9 Å². The molecule has 0 unspecified atom stereocenters. The molecule has 1 aromatic carbocycles. The van der Waals surface area contributed by atoms with Crippen molar-refractivity contribution in [3.63, 3.8) is 0 Å². The van der Waals surface area contributed by atoms with E-state index in [9.17, 15) is 9.59 Å². The third-order valence-corrected chi connectivity index (χ3v) is 3.82. The van der Waals surface area contributed by atoms with Gasteiger partial charge in [-0.15, -0.1) is 0 Å². The molecular weight excluding hydrogens is 252 g/mol. The molecule has 108 valence electrons. The molecule has 1 aliphatic carbocycles. The Morgan fingerprint density at radius 1 is 1.20 bits per heavy atom. The Labute approximate surface area is 120 Å². The number of rotatable bonds is 4. The zero-order valence-corrected chi connectivity index (χ0v) is 12.2. The number of aryl methyl sites for hydroxylation is 1. The van der Waals surface area contributed by atoms with E-state index in [4.69, 9.17) is 0 Å². The number of carbonyl (C=O) groups excluding carboxylic acids is 2. The van der Waals surface area contributed by atoms with Gasteiger partial charge in [-0.25, -0.2) is 0 Å². The Bertz CT molecular complexity index is 476. The van der Waals surface area contributed by atoms with Crippen molar-refractivity contribution < 1.29 is 9.59 Å². The number of amides is 2. The van der Waals surface area contributed by atoms with Crippen LogP contribution in [0.3, 0.4) is 0 Å². The van der Waals surface area contributed by atoms with E-state index in [0.29, 0.717) is 0 Å². The van der Waals surface area contributed by atoms with Crippen LogP contribution in [0, 0.1) is 6.92 Å². The second-order valence-corrected chi connectivity index (χ2v) is 5.50. The Balaban J connectivity index is 1.94. The van der Waals surface area contributed by atoms with E-state index in [1.54, 1.807) is 4.90 Å². The molecule has 0 bridgehead atoms. The molecule has 0 saturated heterocycles. The first-order chi connectivity index (χ1) is 9.56. The first-order valence-corrected chi connectivity index (χ1v) is 7.20. The van der Waals surface area contributed by atoms with Crippen LogP contribution >= 0.6 is 0 Å². The van der Waals surface area contributed by atoms with Crippen molar-refractivity contribution in [2.75, 3.05) is 11.9 Å². The Hall–Kier alpha value is -1.84. The van der Waals surface area contributed by atoms with Crippen LogP contribution in [0.25, 0.3) is 0 Å². The second kappa shape index (κ2) is 6.55. The summed E-state index contributed by atoms with van der Waals surface area (Å²) in [5.74, 6) is -0.146. The average Bonchev–Trinajstić information content (AvgIpc) is 2.92. The first kappa shape index (κ1) is 14.6. The molecule has 4 heteroatoms. The summed E-state index contributed by atoms with van der Waals surface area (Å²) in [7, 11) is 0. The fraction of sp³-hybridized carbons (Fsp3) is 0.500. The number of carbonyl (C=O) groups is 2. The predicted octanol–water partition coefficient (Wildman–Crippen LogP) is 2.72. The highest BCUT2D eigenvalue weighted by Gasteiger charge is 2.26. The van der Waals surface area contributed by atoms with E-state index in [1.165, 1.54) is 6.92 Å². The zero-order valence-electron chi connectivity index (χ0n) is 12.2. The molecule has 1 saturated carbocycles. The van der Waals surface area contributed by atoms with Gasteiger partial charge in [0.05, 0.1) is 0 Å². The lowest BCUT2D eigenvalue weighted by Crippen LogP contribution is -2.42. The minimum absolute atomic E-state index is 0.0176. The van der Waals surface area contributed by atoms with Crippen LogP contribution in [0.4, 0.5) is 5.69 Å². The summed E-state index contributed by atoms with van der Waals surface area (Å²) in [6.07, 6.45) is 4.32. The van der Waals surface area contributed by atoms with E-state index < -0.39 is 0 Å². The smallest absolute Gasteiger partial charge is 0.244 e. The summed E-state index contributed by atoms with van der Waals surface area (Å²) in [4.78, 5) is 25.5. The maximum absolute atomic E-state index is 12.1. The molecule has 1 aromatic rings. The van der Waals surface area contributed by atoms with Crippen molar-refractivity contribution in [1.82, 2.24) is 4.90 Å². The van der Waals surface area contributed by atoms with Gasteiger partial charge < -0.3 is 10.2 Å². The SMILES string of the molecule is CC(=O)N(CC(=O)Nc1ccc(C)cc1)C1CCCC1. The van der Waals surface area contributed by atoms with Gasteiger partial charge in [0.25, 0.3) is 0 Å². The van der Waals surface area contributed by atoms with Gasteiger partial charge >= 0.3 is 0 Å². The molecule has 0 radical (unpaired) electrons. The van der Waals surface area contributed by atoms with Crippen molar-refractivity contribution >= 4 is 17.5 Å². The van der Waals surface area contributed by atoms with Crippen molar-refractivity contribution in [3.8, 4) is 0 Å². The summed E-state index contributed by atoms with van der Waals surface area (Å²) in [6, 6.07) is 7.89. The molecule has 0 atom stereocenters. The standard InChI is InChI=1S/C16H22N2O2/c1-12-7-9-14(10-8-12)17-16(20)11-18(13(2)19)15-5-3-4-6-15/h7-10,15H,3-6,11H2,1-2H3,(H,17,20). The van der Waals surface area contributed by atoms with Crippen LogP contribution in [0.5, 0.6) is 0 Å². The molecule has 2 rings (SSSR count). The Morgan fingerprint density at radius 2 is 1.80 bits per heavy atom. The highest BCUT2D eigenvalue weighted by atomic mass is 16.2. The van der Waals surface area contributed by atoms with Crippen molar-refractivity contribution in [2.24, 2.45) is 0 Å². The summed E-state index contributed by atoms with van der Waals surface area (Å²) >= 11 is 0. The molecule has 2 amide bonds. The van der Waals surface area contributed by atoms with E-state index in [1.807, 2.05) is 31.2 Å². The second-order valence-electron chi connectivity index (χ2n) is 5.50. The molecule has 0 spiro atoms. The van der Waals surface area contributed by atoms with Crippen LogP contribution in [0.2, 0.25) is 0 Å². The van der Waals surface area contributed by atoms with Crippen molar-refractivity contribution in [2.45, 2.75) is 45.6 Å². The highest BCUT2D eigenvalue weighted by molar-refractivity contribution is 5.94. The van der Waals surface area contributed by atoms with Crippen LogP contribution in [0.15, 0.2) is 24.3 Å². The summed E-state index contributed by atoms with van der Waals surface area (Å²) in [5.41, 5.74) is 1.93. The van der Waals surface area contributed by atoms with Gasteiger partial charge in [-0.05, 0) is 31.9 Å². The largest absolute Gasteiger partial charge is 0.331 e. The lowest BCUT2D eigenvalue weighted by atomic mass is 10.2. The topological polar surface area (TPSA) is 49.4 Å². The maximum atomic E-state index is 12.1. The third-order valence-electron chi connectivity index (χ3n) is 3.82. The van der Waals surface area contributed by atoms with Gasteiger partial charge in [0.1, 0.15) is 6.54 Å². The molecule has 0 aromatic heterocycles. The highest BCUT2D eigenvalue weighted by Crippen LogP contribution is 2.23. The number of anilines is 1. The molecule has 0 heterocycles. The fourth-order valence-electron chi connectivity index (χ4n) is 2.71. The lowest BCUT2D eigenvalue weighted by molar-refractivity contribution is -0.135. The molecule has 20 heavy (non-hydrogen) atoms. The van der Waals surface area contributed by atoms with Crippen molar-refractivity contribution in [1.29, 1.82) is 0 Å². The molecule has 4 nitrogen and oxygen atoms in total. The van der Waals surface area contributed by atoms with Crippen LogP contribution in [-0.2, 0) is 9.59 Å². The van der Waals surface area contributed by atoms with Gasteiger partial charge in [-0.1, -0.05) is 30.5 Å². The summed E-state index contributed by atoms with van der Waals surface area (Å²) < 4.78 is 0. The zero-order chi connectivity index (χ0) is 14.5. The number of hydrogen-bond donors (Lipinski definition) is 1. The minimum atomic E-state index is -0.129. The van der Waals surface area contributed by atoms with Crippen LogP contribution < -0.4 is 5.32 Å². The van der Waals surface area contributed by atoms with Gasteiger partial charge in [-0.3, -0.25) is 9.59 Å². The fourth-order valence-corrected chi connectivity index (χ4v) is 2.71. The van der Waals surface area contributed by atoms with Crippen LogP contribution in [0.1, 0.15) is 38.2 Å². The van der Waals surface area contributed by atoms with Gasteiger partial charge in [0, 0.05) is 18.7 Å². The van der Waals surface area contributed by atoms with E-state index >= 15 is 0 Å². The van der Waals surface area contributed by atoms with Gasteiger partial charge in [0.15, 0.2) is 0 Å². The van der Waals surface area contributed by atoms with Crippen molar-refractivity contribution in [3.05, 3.63) is 29.8 Å². The molecular formula is C16H22N2O2. The normalized spacial score (nSPS) is 15.1. The first-order valence-electron chi connectivity index (χ1n) is 7.20. The number of hydrogen-bond acceptors (Lipinski definition) is 2. The Morgan fingerprint density at radius 3 is 2.35 bits per heavy atom. The maximum Gasteiger partial charge on any atom is 0.244 e. The molecule has 1 aliphatic rings.